The number of carboxylic acids is 1. The lowest BCUT2D eigenvalue weighted by molar-refractivity contribution is -0.405. The van der Waals surface area contributed by atoms with Crippen molar-refractivity contribution in [2.45, 2.75) is 80.5 Å². The highest BCUT2D eigenvalue weighted by Crippen LogP contribution is 2.41. The summed E-state index contributed by atoms with van der Waals surface area (Å²) in [4.78, 5) is 27.0. The first kappa shape index (κ1) is 34.4. The van der Waals surface area contributed by atoms with Crippen molar-refractivity contribution in [2.24, 2.45) is 17.8 Å². The molecule has 1 aliphatic carbocycles. The van der Waals surface area contributed by atoms with Crippen molar-refractivity contribution in [3.8, 4) is 0 Å². The van der Waals surface area contributed by atoms with Crippen LogP contribution in [0.5, 0.6) is 0 Å². The molecule has 0 radical (unpaired) electrons. The van der Waals surface area contributed by atoms with Crippen LogP contribution in [-0.2, 0) is 28.5 Å². The van der Waals surface area contributed by atoms with Crippen molar-refractivity contribution < 1.29 is 69.4 Å². The van der Waals surface area contributed by atoms with Crippen molar-refractivity contribution >= 4 is 11.9 Å². The number of carbonyl (C=O) groups is 2. The molecule has 3 aliphatic heterocycles. The van der Waals surface area contributed by atoms with Crippen LogP contribution in [0.4, 0.5) is 0 Å². The zero-order valence-electron chi connectivity index (χ0n) is 24.3. The molecule has 9 unspecified atom stereocenters. The summed E-state index contributed by atoms with van der Waals surface area (Å²) < 4.78 is 22.3. The maximum atomic E-state index is 13.4. The number of esters is 1. The maximum Gasteiger partial charge on any atom is 0.340 e. The normalized spacial score (nSPS) is 38.2. The molecule has 15 heteroatoms. The van der Waals surface area contributed by atoms with Crippen LogP contribution in [-0.4, -0.2) is 139 Å². The lowest BCUT2D eigenvalue weighted by Crippen LogP contribution is -2.68. The molecular formula is C29H43NO14. The van der Waals surface area contributed by atoms with E-state index in [2.05, 4.69) is 6.58 Å². The van der Waals surface area contributed by atoms with Gasteiger partial charge < -0.3 is 59.8 Å². The first-order valence-electron chi connectivity index (χ1n) is 14.8. The van der Waals surface area contributed by atoms with Crippen molar-refractivity contribution in [2.75, 3.05) is 32.8 Å². The fourth-order valence-electron chi connectivity index (χ4n) is 6.25. The molecule has 0 aromatic rings. The number of carbonyl (C=O) groups excluding carboxylic acids is 1. The summed E-state index contributed by atoms with van der Waals surface area (Å²) in [5.74, 6) is -7.44. The first-order valence-corrected chi connectivity index (χ1v) is 14.8. The molecule has 9 atom stereocenters. The molecule has 248 valence electrons. The summed E-state index contributed by atoms with van der Waals surface area (Å²) in [6, 6.07) is 0. The minimum Gasteiger partial charge on any atom is -0.481 e. The predicted octanol–water partition coefficient (Wildman–Crippen LogP) is -2.05. The van der Waals surface area contributed by atoms with E-state index in [4.69, 9.17) is 18.9 Å². The Morgan fingerprint density at radius 1 is 1.09 bits per heavy atom. The summed E-state index contributed by atoms with van der Waals surface area (Å²) >= 11 is 0. The van der Waals surface area contributed by atoms with E-state index in [0.29, 0.717) is 19.4 Å². The third kappa shape index (κ3) is 7.17. The van der Waals surface area contributed by atoms with Gasteiger partial charge in [-0.2, -0.15) is 0 Å². The van der Waals surface area contributed by atoms with E-state index >= 15 is 0 Å². The molecule has 0 amide bonds. The number of nitrogens with zero attached hydrogens (tertiary/aromatic N) is 1. The highest BCUT2D eigenvalue weighted by atomic mass is 16.8. The number of likely N-dealkylation sites (tertiary alicyclic amines) is 1. The minimum absolute atomic E-state index is 0.173. The number of hydrogen-bond donors (Lipinski definition) is 8. The van der Waals surface area contributed by atoms with Crippen LogP contribution in [0.2, 0.25) is 0 Å². The van der Waals surface area contributed by atoms with Crippen LogP contribution in [0.15, 0.2) is 36.6 Å². The van der Waals surface area contributed by atoms with E-state index in [1.807, 2.05) is 0 Å². The maximum absolute atomic E-state index is 13.4. The highest BCUT2D eigenvalue weighted by molar-refractivity contribution is 5.91. The molecule has 0 aromatic carbocycles. The van der Waals surface area contributed by atoms with Gasteiger partial charge in [0, 0.05) is 19.6 Å². The number of ether oxygens (including phenoxy) is 4. The molecule has 3 heterocycles. The molecule has 0 spiro atoms. The van der Waals surface area contributed by atoms with Gasteiger partial charge >= 0.3 is 11.9 Å². The second-order valence-corrected chi connectivity index (χ2v) is 11.8. The van der Waals surface area contributed by atoms with Crippen molar-refractivity contribution in [1.82, 2.24) is 4.90 Å². The van der Waals surface area contributed by atoms with Crippen LogP contribution in [0.1, 0.15) is 32.1 Å². The van der Waals surface area contributed by atoms with E-state index in [-0.39, 0.29) is 37.8 Å². The van der Waals surface area contributed by atoms with E-state index in [1.165, 1.54) is 12.2 Å². The van der Waals surface area contributed by atoms with Crippen molar-refractivity contribution in [3.63, 3.8) is 0 Å². The van der Waals surface area contributed by atoms with E-state index < -0.39 is 78.6 Å². The summed E-state index contributed by atoms with van der Waals surface area (Å²) in [5.41, 5.74) is -2.50. The standard InChI is InChI=1S/C29H43NO14/c1-2-19-26(44-27-23(34)29(39,40)22(33)21(14-32)43-27)41-15-20(25(37)42-18-5-3-4-6-18)28(19,38)8-7-16-11-17(24(35)36)13-30(12-16)9-10-31/h2,7-8,15-19,21-23,26-27,31-34,38-40H,1,3-6,9-14H2,(H,35,36). The van der Waals surface area contributed by atoms with Crippen LogP contribution < -0.4 is 0 Å². The van der Waals surface area contributed by atoms with Crippen LogP contribution in [0.25, 0.3) is 0 Å². The fraction of sp³-hybridized carbons (Fsp3) is 0.724. The molecule has 8 N–H and O–H groups in total. The molecular weight excluding hydrogens is 586 g/mol. The largest absolute Gasteiger partial charge is 0.481 e. The SMILES string of the molecule is C=CC1C(OC2OC(CO)C(O)C(O)(O)C2O)OC=C(C(=O)OC2CCCC2)C1(O)C=CC1CC(C(=O)O)CN(CCO)C1. The third-order valence-corrected chi connectivity index (χ3v) is 8.79. The number of aliphatic carboxylic acids is 1. The number of aliphatic hydroxyl groups excluding tert-OH is 4. The molecule has 0 aromatic heterocycles. The Labute approximate surface area is 254 Å². The quantitative estimate of drug-likeness (QED) is 0.0698. The first-order chi connectivity index (χ1) is 20.8. The summed E-state index contributed by atoms with van der Waals surface area (Å²) in [5, 5.41) is 81.9. The number of hydrogen-bond acceptors (Lipinski definition) is 14. The zero-order chi connectivity index (χ0) is 32.2. The number of carboxylic acid groups (broad SMARTS) is 1. The van der Waals surface area contributed by atoms with Crippen LogP contribution in [0.3, 0.4) is 0 Å². The Bertz CT molecular complexity index is 1090. The van der Waals surface area contributed by atoms with Crippen molar-refractivity contribution in [3.05, 3.63) is 36.6 Å². The van der Waals surface area contributed by atoms with Crippen molar-refractivity contribution in [1.29, 1.82) is 0 Å². The Hall–Kier alpha value is -2.44. The molecule has 2 saturated heterocycles. The third-order valence-electron chi connectivity index (χ3n) is 8.79. The molecule has 3 fully saturated rings. The molecule has 44 heavy (non-hydrogen) atoms. The fourth-order valence-corrected chi connectivity index (χ4v) is 6.25. The highest BCUT2D eigenvalue weighted by Gasteiger charge is 2.57. The Morgan fingerprint density at radius 3 is 2.41 bits per heavy atom. The molecule has 0 bridgehead atoms. The Kier molecular flexibility index (Phi) is 11.2. The zero-order valence-corrected chi connectivity index (χ0v) is 24.3. The minimum atomic E-state index is -3.14. The average molecular weight is 630 g/mol. The van der Waals surface area contributed by atoms with Gasteiger partial charge in [-0.1, -0.05) is 18.2 Å². The summed E-state index contributed by atoms with van der Waals surface area (Å²) in [6.07, 6.45) is -1.35. The topological polar surface area (TPSA) is 236 Å². The van der Waals surface area contributed by atoms with Gasteiger partial charge in [0.2, 0.25) is 12.1 Å². The Morgan fingerprint density at radius 2 is 1.80 bits per heavy atom. The van der Waals surface area contributed by atoms with Gasteiger partial charge in [-0.15, -0.1) is 6.58 Å². The van der Waals surface area contributed by atoms with Gasteiger partial charge in [0.05, 0.1) is 25.0 Å². The van der Waals surface area contributed by atoms with E-state index in [1.54, 1.807) is 11.0 Å². The number of piperidine rings is 1. The van der Waals surface area contributed by atoms with E-state index in [0.717, 1.165) is 19.1 Å². The second-order valence-electron chi connectivity index (χ2n) is 11.8. The molecule has 4 aliphatic rings. The number of β-amino-alcohol motifs (C(OH)–C–C–N with tert-alkyl or cyclic N) is 1. The van der Waals surface area contributed by atoms with Gasteiger partial charge in [-0.3, -0.25) is 9.69 Å². The van der Waals surface area contributed by atoms with Gasteiger partial charge in [0.1, 0.15) is 35.7 Å². The molecule has 15 nitrogen and oxygen atoms in total. The molecule has 1 saturated carbocycles. The van der Waals surface area contributed by atoms with Crippen LogP contribution in [0, 0.1) is 17.8 Å². The smallest absolute Gasteiger partial charge is 0.340 e. The van der Waals surface area contributed by atoms with Gasteiger partial charge in [0.25, 0.3) is 0 Å². The predicted molar refractivity (Wildman–Crippen MR) is 148 cm³/mol. The van der Waals surface area contributed by atoms with E-state index in [9.17, 15) is 50.4 Å². The average Bonchev–Trinajstić information content (AvgIpc) is 3.50. The lowest BCUT2D eigenvalue weighted by Gasteiger charge is -2.47. The summed E-state index contributed by atoms with van der Waals surface area (Å²) in [7, 11) is 0. The number of rotatable bonds is 11. The second kappa shape index (κ2) is 14.3. The lowest BCUT2D eigenvalue weighted by atomic mass is 9.77. The van der Waals surface area contributed by atoms with Gasteiger partial charge in [0.15, 0.2) is 12.4 Å². The molecule has 4 rings (SSSR count). The Balaban J connectivity index is 1.64. The van der Waals surface area contributed by atoms with Gasteiger partial charge in [-0.05, 0) is 38.0 Å². The number of aliphatic hydroxyl groups is 7. The summed E-state index contributed by atoms with van der Waals surface area (Å²) in [6.45, 7) is 3.59. The van der Waals surface area contributed by atoms with Crippen LogP contribution >= 0.6 is 0 Å². The monoisotopic (exact) mass is 629 g/mol. The van der Waals surface area contributed by atoms with Gasteiger partial charge in [-0.25, -0.2) is 4.79 Å².